The van der Waals surface area contributed by atoms with E-state index in [9.17, 15) is 14.4 Å². The number of hydrogen-bond donors (Lipinski definition) is 3. The van der Waals surface area contributed by atoms with Gasteiger partial charge < -0.3 is 20.5 Å². The summed E-state index contributed by atoms with van der Waals surface area (Å²) in [6.07, 6.45) is 0.976. The minimum Gasteiger partial charge on any atom is -0.489 e. The van der Waals surface area contributed by atoms with E-state index in [2.05, 4.69) is 10.6 Å². The smallest absolute Gasteiger partial charge is 0.335 e. The van der Waals surface area contributed by atoms with E-state index in [0.717, 1.165) is 6.42 Å². The van der Waals surface area contributed by atoms with Gasteiger partial charge in [0.15, 0.2) is 0 Å². The average molecular weight is 350 g/mol. The number of anilines is 1. The maximum atomic E-state index is 12.0. The van der Waals surface area contributed by atoms with Crippen LogP contribution in [0.4, 0.5) is 5.69 Å². The van der Waals surface area contributed by atoms with Gasteiger partial charge in [0, 0.05) is 6.42 Å². The average Bonchev–Trinajstić information content (AvgIpc) is 2.51. The van der Waals surface area contributed by atoms with Crippen LogP contribution in [0, 0.1) is 5.92 Å². The predicted octanol–water partition coefficient (Wildman–Crippen LogP) is 2.66. The second kappa shape index (κ2) is 9.66. The molecule has 0 atom stereocenters. The van der Waals surface area contributed by atoms with Crippen molar-refractivity contribution in [1.82, 2.24) is 5.32 Å². The fraction of sp³-hybridized carbons (Fsp3) is 0.500. The molecule has 25 heavy (non-hydrogen) atoms. The van der Waals surface area contributed by atoms with Gasteiger partial charge in [-0.25, -0.2) is 4.79 Å². The van der Waals surface area contributed by atoms with Crippen LogP contribution in [0.2, 0.25) is 0 Å². The first-order chi connectivity index (χ1) is 11.7. The van der Waals surface area contributed by atoms with Crippen molar-refractivity contribution in [3.05, 3.63) is 23.8 Å². The Hall–Kier alpha value is -2.57. The molecule has 0 aliphatic rings. The molecule has 3 N–H and O–H groups in total. The summed E-state index contributed by atoms with van der Waals surface area (Å²) in [7, 11) is 0. The van der Waals surface area contributed by atoms with Crippen LogP contribution in [0.3, 0.4) is 0 Å². The Labute approximate surface area is 147 Å². The molecule has 0 aliphatic carbocycles. The summed E-state index contributed by atoms with van der Waals surface area (Å²) in [6, 6.07) is 4.24. The van der Waals surface area contributed by atoms with Gasteiger partial charge in [-0.15, -0.1) is 0 Å². The number of carboxylic acids is 1. The van der Waals surface area contributed by atoms with Crippen molar-refractivity contribution in [2.75, 3.05) is 11.9 Å². The van der Waals surface area contributed by atoms with Gasteiger partial charge in [-0.1, -0.05) is 13.8 Å². The summed E-state index contributed by atoms with van der Waals surface area (Å²) >= 11 is 0. The molecule has 0 spiro atoms. The molecule has 0 aliphatic heterocycles. The number of nitrogens with one attached hydrogen (secondary N) is 2. The second-order valence-electron chi connectivity index (χ2n) is 6.44. The van der Waals surface area contributed by atoms with Crippen molar-refractivity contribution >= 4 is 23.5 Å². The topological polar surface area (TPSA) is 105 Å². The minimum absolute atomic E-state index is 0.0346. The van der Waals surface area contributed by atoms with Crippen LogP contribution in [0.15, 0.2) is 18.2 Å². The highest BCUT2D eigenvalue weighted by molar-refractivity contribution is 5.97. The van der Waals surface area contributed by atoms with Crippen LogP contribution in [-0.2, 0) is 9.59 Å². The summed E-state index contributed by atoms with van der Waals surface area (Å²) < 4.78 is 5.58. The van der Waals surface area contributed by atoms with Crippen molar-refractivity contribution in [3.63, 3.8) is 0 Å². The first-order valence-electron chi connectivity index (χ1n) is 8.29. The van der Waals surface area contributed by atoms with Crippen LogP contribution in [0.1, 0.15) is 50.9 Å². The SMILES string of the molecule is CC(C)CCC(=O)NCC(=O)Nc1cc(C(=O)O)ccc1OC(C)C. The van der Waals surface area contributed by atoms with E-state index >= 15 is 0 Å². The lowest BCUT2D eigenvalue weighted by Crippen LogP contribution is -2.33. The lowest BCUT2D eigenvalue weighted by atomic mass is 10.1. The van der Waals surface area contributed by atoms with Crippen molar-refractivity contribution in [3.8, 4) is 5.75 Å². The largest absolute Gasteiger partial charge is 0.489 e. The number of carboxylic acid groups (broad SMARTS) is 1. The monoisotopic (exact) mass is 350 g/mol. The molecule has 1 aromatic carbocycles. The number of rotatable bonds is 9. The highest BCUT2D eigenvalue weighted by atomic mass is 16.5. The molecular weight excluding hydrogens is 324 g/mol. The maximum Gasteiger partial charge on any atom is 0.335 e. The third-order valence-electron chi connectivity index (χ3n) is 3.26. The van der Waals surface area contributed by atoms with Crippen LogP contribution in [0.5, 0.6) is 5.75 Å². The number of aromatic carboxylic acids is 1. The number of ether oxygens (including phenoxy) is 1. The zero-order valence-electron chi connectivity index (χ0n) is 15.1. The molecule has 1 rings (SSSR count). The molecule has 0 aromatic heterocycles. The third-order valence-corrected chi connectivity index (χ3v) is 3.26. The van der Waals surface area contributed by atoms with Crippen molar-refractivity contribution < 1.29 is 24.2 Å². The zero-order valence-corrected chi connectivity index (χ0v) is 15.1. The molecule has 0 unspecified atom stereocenters. The van der Waals surface area contributed by atoms with E-state index in [1.54, 1.807) is 0 Å². The van der Waals surface area contributed by atoms with Crippen molar-refractivity contribution in [2.45, 2.75) is 46.6 Å². The van der Waals surface area contributed by atoms with Crippen LogP contribution < -0.4 is 15.4 Å². The number of carbonyl (C=O) groups excluding carboxylic acids is 2. The molecule has 2 amide bonds. The lowest BCUT2D eigenvalue weighted by Gasteiger charge is -2.16. The Morgan fingerprint density at radius 3 is 2.36 bits per heavy atom. The number of amides is 2. The number of hydrogen-bond acceptors (Lipinski definition) is 4. The van der Waals surface area contributed by atoms with Crippen LogP contribution in [-0.4, -0.2) is 35.5 Å². The molecule has 0 heterocycles. The van der Waals surface area contributed by atoms with Crippen LogP contribution >= 0.6 is 0 Å². The van der Waals surface area contributed by atoms with Gasteiger partial charge in [-0.05, 0) is 44.4 Å². The first-order valence-corrected chi connectivity index (χ1v) is 8.29. The summed E-state index contributed by atoms with van der Waals surface area (Å²) in [6.45, 7) is 7.50. The minimum atomic E-state index is -1.10. The highest BCUT2D eigenvalue weighted by Gasteiger charge is 2.14. The third kappa shape index (κ3) is 7.69. The van der Waals surface area contributed by atoms with Gasteiger partial charge in [-0.3, -0.25) is 9.59 Å². The van der Waals surface area contributed by atoms with Crippen LogP contribution in [0.25, 0.3) is 0 Å². The van der Waals surface area contributed by atoms with Gasteiger partial charge >= 0.3 is 5.97 Å². The van der Waals surface area contributed by atoms with Gasteiger partial charge in [0.25, 0.3) is 0 Å². The van der Waals surface area contributed by atoms with E-state index in [0.29, 0.717) is 18.1 Å². The molecule has 1 aromatic rings. The Bertz CT molecular complexity index is 626. The molecule has 0 saturated heterocycles. The molecule has 0 saturated carbocycles. The Balaban J connectivity index is 2.72. The van der Waals surface area contributed by atoms with E-state index in [1.165, 1.54) is 18.2 Å². The normalized spacial score (nSPS) is 10.6. The van der Waals surface area contributed by atoms with E-state index < -0.39 is 11.9 Å². The number of carbonyl (C=O) groups is 3. The summed E-state index contributed by atoms with van der Waals surface area (Å²) in [5.74, 6) is -0.960. The molecule has 0 bridgehead atoms. The molecule has 138 valence electrons. The lowest BCUT2D eigenvalue weighted by molar-refractivity contribution is -0.124. The highest BCUT2D eigenvalue weighted by Crippen LogP contribution is 2.27. The Morgan fingerprint density at radius 2 is 1.80 bits per heavy atom. The molecular formula is C18H26N2O5. The van der Waals surface area contributed by atoms with E-state index in [4.69, 9.17) is 9.84 Å². The Kier molecular flexibility index (Phi) is 7.91. The van der Waals surface area contributed by atoms with Crippen molar-refractivity contribution in [2.24, 2.45) is 5.92 Å². The molecule has 0 radical (unpaired) electrons. The number of benzene rings is 1. The summed E-state index contributed by atoms with van der Waals surface area (Å²) in [4.78, 5) is 34.8. The Morgan fingerprint density at radius 1 is 1.12 bits per heavy atom. The first kappa shape index (κ1) is 20.5. The molecule has 0 fully saturated rings. The van der Waals surface area contributed by atoms with E-state index in [1.807, 2.05) is 27.7 Å². The fourth-order valence-electron chi connectivity index (χ4n) is 2.00. The molecule has 7 nitrogen and oxygen atoms in total. The van der Waals surface area contributed by atoms with E-state index in [-0.39, 0.29) is 29.8 Å². The van der Waals surface area contributed by atoms with Crippen molar-refractivity contribution in [1.29, 1.82) is 0 Å². The predicted molar refractivity (Wildman–Crippen MR) is 94.9 cm³/mol. The quantitative estimate of drug-likeness (QED) is 0.635. The van der Waals surface area contributed by atoms with Gasteiger partial charge in [-0.2, -0.15) is 0 Å². The van der Waals surface area contributed by atoms with Gasteiger partial charge in [0.05, 0.1) is 23.9 Å². The summed E-state index contributed by atoms with van der Waals surface area (Å²) in [5, 5.41) is 14.2. The zero-order chi connectivity index (χ0) is 19.0. The van der Waals surface area contributed by atoms with Gasteiger partial charge in [0.2, 0.25) is 11.8 Å². The summed E-state index contributed by atoms with van der Waals surface area (Å²) in [5.41, 5.74) is 0.294. The second-order valence-corrected chi connectivity index (χ2v) is 6.44. The van der Waals surface area contributed by atoms with Gasteiger partial charge in [0.1, 0.15) is 5.75 Å². The maximum absolute atomic E-state index is 12.0. The standard InChI is InChI=1S/C18H26N2O5/c1-11(2)5-8-16(21)19-10-17(22)20-14-9-13(18(23)24)6-7-15(14)25-12(3)4/h6-7,9,11-12H,5,8,10H2,1-4H3,(H,19,21)(H,20,22)(H,23,24). The molecule has 7 heteroatoms. The fourth-order valence-corrected chi connectivity index (χ4v) is 2.00.